The Balaban J connectivity index is 1.85. The minimum atomic E-state index is 0.232. The fraction of sp³-hybridized carbons (Fsp3) is 0.214. The molecule has 2 aromatic rings. The van der Waals surface area contributed by atoms with E-state index < -0.39 is 0 Å². The molecular formula is C14H13ClN2O. The number of nitrogens with one attached hydrogen (secondary N) is 1. The molecule has 0 spiro atoms. The van der Waals surface area contributed by atoms with E-state index >= 15 is 0 Å². The first-order valence-corrected chi connectivity index (χ1v) is 6.30. The van der Waals surface area contributed by atoms with Crippen LogP contribution >= 0.6 is 11.6 Å². The van der Waals surface area contributed by atoms with Crippen LogP contribution in [0.1, 0.15) is 23.6 Å². The molecule has 1 unspecified atom stereocenters. The van der Waals surface area contributed by atoms with Crippen molar-refractivity contribution in [3.05, 3.63) is 52.8 Å². The number of aromatic hydroxyl groups is 1. The summed E-state index contributed by atoms with van der Waals surface area (Å²) in [6, 6.07) is 9.59. The minimum absolute atomic E-state index is 0.232. The molecule has 0 amide bonds. The maximum atomic E-state index is 9.79. The Labute approximate surface area is 110 Å². The molecule has 92 valence electrons. The van der Waals surface area contributed by atoms with Gasteiger partial charge in [-0.3, -0.25) is 0 Å². The predicted molar refractivity (Wildman–Crippen MR) is 72.0 cm³/mol. The van der Waals surface area contributed by atoms with Gasteiger partial charge in [0.05, 0.1) is 17.9 Å². The average molecular weight is 261 g/mol. The van der Waals surface area contributed by atoms with Gasteiger partial charge in [-0.05, 0) is 42.2 Å². The number of anilines is 1. The summed E-state index contributed by atoms with van der Waals surface area (Å²) in [5.41, 5.74) is 3.17. The van der Waals surface area contributed by atoms with Crippen molar-refractivity contribution in [3.63, 3.8) is 0 Å². The summed E-state index contributed by atoms with van der Waals surface area (Å²) in [6.07, 6.45) is 3.61. The maximum absolute atomic E-state index is 9.79. The second-order valence-electron chi connectivity index (χ2n) is 4.45. The standard InChI is InChI=1S/C14H13ClN2O/c15-14-7-4-9(8-16-14)17-12-6-5-11-10(12)2-1-3-13(11)18/h1-4,7-8,12,17-18H,5-6H2. The molecule has 0 radical (unpaired) electrons. The summed E-state index contributed by atoms with van der Waals surface area (Å²) in [7, 11) is 0. The van der Waals surface area contributed by atoms with Gasteiger partial charge in [-0.2, -0.15) is 0 Å². The molecule has 1 aliphatic rings. The van der Waals surface area contributed by atoms with Gasteiger partial charge in [-0.25, -0.2) is 4.98 Å². The number of phenols is 1. The van der Waals surface area contributed by atoms with Gasteiger partial charge in [0.2, 0.25) is 0 Å². The van der Waals surface area contributed by atoms with Gasteiger partial charge in [0.25, 0.3) is 0 Å². The third-order valence-corrected chi connectivity index (χ3v) is 3.54. The van der Waals surface area contributed by atoms with Gasteiger partial charge in [0, 0.05) is 0 Å². The quantitative estimate of drug-likeness (QED) is 0.812. The Bertz CT molecular complexity index is 569. The molecule has 1 atom stereocenters. The molecule has 1 heterocycles. The van der Waals surface area contributed by atoms with Crippen molar-refractivity contribution >= 4 is 17.3 Å². The number of phenolic OH excluding ortho intramolecular Hbond substituents is 1. The number of pyridine rings is 1. The molecule has 0 saturated carbocycles. The topological polar surface area (TPSA) is 45.1 Å². The third kappa shape index (κ3) is 2.02. The highest BCUT2D eigenvalue weighted by molar-refractivity contribution is 6.29. The molecule has 1 aromatic carbocycles. The molecule has 0 bridgehead atoms. The Morgan fingerprint density at radius 3 is 2.94 bits per heavy atom. The molecule has 0 aliphatic heterocycles. The van der Waals surface area contributed by atoms with Crippen LogP contribution in [-0.4, -0.2) is 10.1 Å². The van der Waals surface area contributed by atoms with Crippen molar-refractivity contribution in [2.75, 3.05) is 5.32 Å². The molecule has 18 heavy (non-hydrogen) atoms. The van der Waals surface area contributed by atoms with Gasteiger partial charge in [-0.1, -0.05) is 23.7 Å². The molecule has 3 nitrogen and oxygen atoms in total. The van der Waals surface area contributed by atoms with E-state index in [-0.39, 0.29) is 6.04 Å². The van der Waals surface area contributed by atoms with Crippen molar-refractivity contribution in [2.24, 2.45) is 0 Å². The fourth-order valence-corrected chi connectivity index (χ4v) is 2.56. The first-order valence-electron chi connectivity index (χ1n) is 5.93. The lowest BCUT2D eigenvalue weighted by Gasteiger charge is -2.15. The number of aromatic nitrogens is 1. The highest BCUT2D eigenvalue weighted by atomic mass is 35.5. The van der Waals surface area contributed by atoms with Crippen LogP contribution in [0.4, 0.5) is 5.69 Å². The molecular weight excluding hydrogens is 248 g/mol. The number of hydrogen-bond acceptors (Lipinski definition) is 3. The highest BCUT2D eigenvalue weighted by Gasteiger charge is 2.24. The van der Waals surface area contributed by atoms with Crippen molar-refractivity contribution in [2.45, 2.75) is 18.9 Å². The monoisotopic (exact) mass is 260 g/mol. The van der Waals surface area contributed by atoms with Gasteiger partial charge < -0.3 is 10.4 Å². The second-order valence-corrected chi connectivity index (χ2v) is 4.84. The molecule has 4 heteroatoms. The zero-order valence-corrected chi connectivity index (χ0v) is 10.5. The van der Waals surface area contributed by atoms with Crippen LogP contribution in [0.15, 0.2) is 36.5 Å². The van der Waals surface area contributed by atoms with Crippen molar-refractivity contribution in [1.82, 2.24) is 4.98 Å². The van der Waals surface area contributed by atoms with E-state index in [0.717, 1.165) is 24.1 Å². The lowest BCUT2D eigenvalue weighted by atomic mass is 10.1. The SMILES string of the molecule is Oc1cccc2c1CCC2Nc1ccc(Cl)nc1. The normalized spacial score (nSPS) is 17.5. The van der Waals surface area contributed by atoms with Gasteiger partial charge in [-0.15, -0.1) is 0 Å². The molecule has 0 saturated heterocycles. The Morgan fingerprint density at radius 1 is 1.28 bits per heavy atom. The van der Waals surface area contributed by atoms with E-state index in [0.29, 0.717) is 10.9 Å². The van der Waals surface area contributed by atoms with Crippen LogP contribution in [0.3, 0.4) is 0 Å². The summed E-state index contributed by atoms with van der Waals surface area (Å²) in [5, 5.41) is 13.7. The van der Waals surface area contributed by atoms with E-state index in [1.165, 1.54) is 5.56 Å². The van der Waals surface area contributed by atoms with Gasteiger partial charge >= 0.3 is 0 Å². The zero-order chi connectivity index (χ0) is 12.5. The van der Waals surface area contributed by atoms with E-state index in [1.807, 2.05) is 12.1 Å². The number of nitrogens with zero attached hydrogens (tertiary/aromatic N) is 1. The lowest BCUT2D eigenvalue weighted by Crippen LogP contribution is -2.07. The van der Waals surface area contributed by atoms with Crippen molar-refractivity contribution in [3.8, 4) is 5.75 Å². The highest BCUT2D eigenvalue weighted by Crippen LogP contribution is 2.38. The van der Waals surface area contributed by atoms with Crippen LogP contribution in [0.5, 0.6) is 5.75 Å². The third-order valence-electron chi connectivity index (χ3n) is 3.31. The second kappa shape index (κ2) is 4.50. The Hall–Kier alpha value is -1.74. The number of hydrogen-bond donors (Lipinski definition) is 2. The molecule has 0 fully saturated rings. The maximum Gasteiger partial charge on any atom is 0.129 e. The number of fused-ring (bicyclic) bond motifs is 1. The summed E-state index contributed by atoms with van der Waals surface area (Å²) in [6.45, 7) is 0. The fourth-order valence-electron chi connectivity index (χ4n) is 2.45. The van der Waals surface area contributed by atoms with Gasteiger partial charge in [0.15, 0.2) is 0 Å². The van der Waals surface area contributed by atoms with Gasteiger partial charge in [0.1, 0.15) is 10.9 Å². The minimum Gasteiger partial charge on any atom is -0.508 e. The van der Waals surface area contributed by atoms with E-state index in [9.17, 15) is 5.11 Å². The average Bonchev–Trinajstić information content (AvgIpc) is 2.77. The Kier molecular flexibility index (Phi) is 2.84. The van der Waals surface area contributed by atoms with Crippen molar-refractivity contribution in [1.29, 1.82) is 0 Å². The van der Waals surface area contributed by atoms with E-state index in [2.05, 4.69) is 16.4 Å². The smallest absolute Gasteiger partial charge is 0.129 e. The van der Waals surface area contributed by atoms with Crippen LogP contribution in [-0.2, 0) is 6.42 Å². The Morgan fingerprint density at radius 2 is 2.17 bits per heavy atom. The van der Waals surface area contributed by atoms with E-state index in [1.54, 1.807) is 18.3 Å². The summed E-state index contributed by atoms with van der Waals surface area (Å²) in [5.74, 6) is 0.394. The summed E-state index contributed by atoms with van der Waals surface area (Å²) in [4.78, 5) is 4.05. The predicted octanol–water partition coefficient (Wildman–Crippen LogP) is 3.54. The van der Waals surface area contributed by atoms with Crippen molar-refractivity contribution < 1.29 is 5.11 Å². The zero-order valence-electron chi connectivity index (χ0n) is 9.73. The number of benzene rings is 1. The molecule has 2 N–H and O–H groups in total. The largest absolute Gasteiger partial charge is 0.508 e. The lowest BCUT2D eigenvalue weighted by molar-refractivity contribution is 0.469. The van der Waals surface area contributed by atoms with Crippen LogP contribution in [0.2, 0.25) is 5.15 Å². The summed E-state index contributed by atoms with van der Waals surface area (Å²) < 4.78 is 0. The van der Waals surface area contributed by atoms with Crippen LogP contribution in [0, 0.1) is 0 Å². The first-order chi connectivity index (χ1) is 8.74. The van der Waals surface area contributed by atoms with Crippen LogP contribution < -0.4 is 5.32 Å². The first kappa shape index (κ1) is 11.4. The van der Waals surface area contributed by atoms with E-state index in [4.69, 9.17) is 11.6 Å². The molecule has 1 aromatic heterocycles. The molecule has 1 aliphatic carbocycles. The summed E-state index contributed by atoms with van der Waals surface area (Å²) >= 11 is 5.76. The van der Waals surface area contributed by atoms with Crippen LogP contribution in [0.25, 0.3) is 0 Å². The molecule has 3 rings (SSSR count). The number of rotatable bonds is 2. The number of halogens is 1.